The van der Waals surface area contributed by atoms with Gasteiger partial charge in [-0.05, 0) is 59.4 Å². The fourth-order valence-electron chi connectivity index (χ4n) is 5.56. The van der Waals surface area contributed by atoms with Crippen LogP contribution in [-0.2, 0) is 16.0 Å². The van der Waals surface area contributed by atoms with E-state index in [0.717, 1.165) is 70.8 Å². The summed E-state index contributed by atoms with van der Waals surface area (Å²) in [7, 11) is 1.00. The lowest BCUT2D eigenvalue weighted by molar-refractivity contribution is -0.274. The van der Waals surface area contributed by atoms with Gasteiger partial charge in [-0.1, -0.05) is 36.4 Å². The Balaban J connectivity index is 0.00000173. The zero-order valence-electron chi connectivity index (χ0n) is 22.6. The van der Waals surface area contributed by atoms with E-state index in [0.29, 0.717) is 0 Å². The maximum Gasteiger partial charge on any atom is 0.573 e. The van der Waals surface area contributed by atoms with Crippen molar-refractivity contribution in [3.63, 3.8) is 0 Å². The number of rotatable bonds is 6. The van der Waals surface area contributed by atoms with Gasteiger partial charge in [-0.25, -0.2) is 5.01 Å². The smallest absolute Gasteiger partial charge is 0.406 e. The molecule has 2 unspecified atom stereocenters. The second-order valence-electron chi connectivity index (χ2n) is 9.77. The molecule has 4 aromatic rings. The summed E-state index contributed by atoms with van der Waals surface area (Å²) in [5.74, 6) is -0.550. The van der Waals surface area contributed by atoms with Crippen LogP contribution >= 0.6 is 0 Å². The van der Waals surface area contributed by atoms with Gasteiger partial charge in [0, 0.05) is 43.8 Å². The van der Waals surface area contributed by atoms with Gasteiger partial charge < -0.3 is 14.6 Å². The Bertz CT molecular complexity index is 1640. The molecule has 42 heavy (non-hydrogen) atoms. The molecule has 0 fully saturated rings. The Labute approximate surface area is 239 Å². The van der Waals surface area contributed by atoms with Crippen LogP contribution in [0.4, 0.5) is 13.2 Å². The first-order valence-corrected chi connectivity index (χ1v) is 13.3. The van der Waals surface area contributed by atoms with E-state index in [1.807, 2.05) is 36.4 Å². The molecule has 0 saturated heterocycles. The van der Waals surface area contributed by atoms with Gasteiger partial charge in [0.15, 0.2) is 0 Å². The number of aromatic nitrogens is 2. The standard InChI is InChI=1S/C30H23F3N4O3.CH4O/c31-30(32,33)40-22-8-3-18(4-9-22)19-5-10-23-20(16-19)6-11-24-28(23)36-37(27(39)2-1-15-38)29(24)21-7-12-25-26(17-21)35-14-13-34-25;1-2/h3-5,7-10,12-17,24,29H,1-2,6,11H2;2H,1H3. The molecule has 1 aliphatic carbocycles. The van der Waals surface area contributed by atoms with Crippen LogP contribution < -0.4 is 4.74 Å². The highest BCUT2D eigenvalue weighted by Gasteiger charge is 2.43. The van der Waals surface area contributed by atoms with Crippen LogP contribution in [0.2, 0.25) is 0 Å². The summed E-state index contributed by atoms with van der Waals surface area (Å²) in [5, 5.41) is 13.3. The molecule has 2 aliphatic rings. The SMILES string of the molecule is CO.O=CCCC(=O)N1N=C2c3ccc(-c4ccc(OC(F)(F)F)cc4)cc3CCC2C1c1ccc2nccnc2c1. The number of halogens is 3. The highest BCUT2D eigenvalue weighted by atomic mass is 19.4. The number of aliphatic hydroxyl groups excluding tert-OH is 1. The van der Waals surface area contributed by atoms with Crippen LogP contribution in [0.3, 0.4) is 0 Å². The van der Waals surface area contributed by atoms with Gasteiger partial charge in [-0.2, -0.15) is 5.10 Å². The van der Waals surface area contributed by atoms with Crippen LogP contribution in [0.25, 0.3) is 22.2 Å². The van der Waals surface area contributed by atoms with E-state index in [9.17, 15) is 22.8 Å². The first-order valence-electron chi connectivity index (χ1n) is 13.3. The molecule has 6 rings (SSSR count). The Morgan fingerprint density at radius 1 is 1.00 bits per heavy atom. The highest BCUT2D eigenvalue weighted by Crippen LogP contribution is 2.44. The molecule has 11 heteroatoms. The number of carbonyl (C=O) groups excluding carboxylic acids is 2. The zero-order valence-corrected chi connectivity index (χ0v) is 22.6. The van der Waals surface area contributed by atoms with Gasteiger partial charge >= 0.3 is 6.36 Å². The Hall–Kier alpha value is -4.64. The van der Waals surface area contributed by atoms with Crippen molar-refractivity contribution in [2.75, 3.05) is 7.11 Å². The number of carbonyl (C=O) groups is 2. The molecule has 0 saturated carbocycles. The van der Waals surface area contributed by atoms with Crippen molar-refractivity contribution in [3.05, 3.63) is 89.7 Å². The highest BCUT2D eigenvalue weighted by molar-refractivity contribution is 6.07. The summed E-state index contributed by atoms with van der Waals surface area (Å²) >= 11 is 0. The average molecular weight is 577 g/mol. The van der Waals surface area contributed by atoms with E-state index in [2.05, 4.69) is 14.7 Å². The Kier molecular flexibility index (Phi) is 8.30. The summed E-state index contributed by atoms with van der Waals surface area (Å²) in [5.41, 5.74) is 6.79. The summed E-state index contributed by atoms with van der Waals surface area (Å²) in [6.07, 6.45) is 0.910. The number of alkyl halides is 3. The van der Waals surface area contributed by atoms with Gasteiger partial charge in [0.2, 0.25) is 5.91 Å². The number of amides is 1. The number of ether oxygens (including phenoxy) is 1. The molecule has 0 bridgehead atoms. The first kappa shape index (κ1) is 28.9. The number of aliphatic hydroxyl groups is 1. The minimum absolute atomic E-state index is 0.0496. The third-order valence-electron chi connectivity index (χ3n) is 7.30. The van der Waals surface area contributed by atoms with Crippen molar-refractivity contribution >= 4 is 28.9 Å². The van der Waals surface area contributed by atoms with Crippen LogP contribution in [0.1, 0.15) is 42.0 Å². The van der Waals surface area contributed by atoms with Crippen molar-refractivity contribution < 1.29 is 32.6 Å². The van der Waals surface area contributed by atoms with Gasteiger partial charge in [-0.15, -0.1) is 13.2 Å². The normalized spacial score (nSPS) is 17.5. The topological polar surface area (TPSA) is 105 Å². The monoisotopic (exact) mass is 576 g/mol. The second kappa shape index (κ2) is 12.1. The Morgan fingerprint density at radius 3 is 2.43 bits per heavy atom. The lowest BCUT2D eigenvalue weighted by Gasteiger charge is -2.30. The molecule has 1 amide bonds. The average Bonchev–Trinajstić information content (AvgIpc) is 3.40. The minimum atomic E-state index is -4.74. The third kappa shape index (κ3) is 5.87. The molecular weight excluding hydrogens is 549 g/mol. The molecule has 1 N–H and O–H groups in total. The lowest BCUT2D eigenvalue weighted by atomic mass is 9.76. The van der Waals surface area contributed by atoms with Gasteiger partial charge in [0.25, 0.3) is 0 Å². The van der Waals surface area contributed by atoms with Gasteiger partial charge in [0.1, 0.15) is 12.0 Å². The molecule has 1 aromatic heterocycles. The number of hydrazone groups is 1. The van der Waals surface area contributed by atoms with Crippen LogP contribution in [-0.4, -0.2) is 51.5 Å². The molecule has 1 aliphatic heterocycles. The van der Waals surface area contributed by atoms with Crippen molar-refractivity contribution in [1.29, 1.82) is 0 Å². The molecular formula is C31H27F3N4O4. The largest absolute Gasteiger partial charge is 0.573 e. The predicted molar refractivity (Wildman–Crippen MR) is 149 cm³/mol. The van der Waals surface area contributed by atoms with Crippen molar-refractivity contribution in [2.24, 2.45) is 11.0 Å². The summed E-state index contributed by atoms with van der Waals surface area (Å²) in [4.78, 5) is 33.0. The molecule has 3 aromatic carbocycles. The minimum Gasteiger partial charge on any atom is -0.406 e. The maximum atomic E-state index is 13.2. The molecule has 216 valence electrons. The number of nitrogens with zero attached hydrogens (tertiary/aromatic N) is 4. The zero-order chi connectivity index (χ0) is 29.9. The predicted octanol–water partition coefficient (Wildman–Crippen LogP) is 5.63. The van der Waals surface area contributed by atoms with Crippen LogP contribution in [0, 0.1) is 5.92 Å². The number of fused-ring (bicyclic) bond motifs is 4. The van der Waals surface area contributed by atoms with Crippen molar-refractivity contribution in [1.82, 2.24) is 15.0 Å². The Morgan fingerprint density at radius 2 is 1.71 bits per heavy atom. The van der Waals surface area contributed by atoms with Crippen molar-refractivity contribution in [3.8, 4) is 16.9 Å². The number of benzene rings is 3. The molecule has 8 nitrogen and oxygen atoms in total. The molecule has 0 radical (unpaired) electrons. The fraction of sp³-hybridized carbons (Fsp3) is 0.258. The fourth-order valence-corrected chi connectivity index (χ4v) is 5.56. The van der Waals surface area contributed by atoms with Crippen LogP contribution in [0.15, 0.2) is 78.2 Å². The number of hydrogen-bond acceptors (Lipinski definition) is 7. The van der Waals surface area contributed by atoms with Gasteiger partial charge in [0.05, 0.1) is 22.8 Å². The molecule has 2 atom stereocenters. The third-order valence-corrected chi connectivity index (χ3v) is 7.30. The molecule has 0 spiro atoms. The van der Waals surface area contributed by atoms with E-state index >= 15 is 0 Å². The number of aldehydes is 1. The summed E-state index contributed by atoms with van der Waals surface area (Å²) in [6.45, 7) is 0. The second-order valence-corrected chi connectivity index (χ2v) is 9.77. The van der Waals surface area contributed by atoms with Gasteiger partial charge in [-0.3, -0.25) is 14.8 Å². The number of hydrogen-bond donors (Lipinski definition) is 1. The van der Waals surface area contributed by atoms with Crippen LogP contribution in [0.5, 0.6) is 5.75 Å². The van der Waals surface area contributed by atoms with Crippen molar-refractivity contribution in [2.45, 2.75) is 38.1 Å². The van der Waals surface area contributed by atoms with E-state index < -0.39 is 6.36 Å². The van der Waals surface area contributed by atoms with E-state index in [1.54, 1.807) is 24.5 Å². The van der Waals surface area contributed by atoms with E-state index in [-0.39, 0.29) is 36.5 Å². The molecule has 2 heterocycles. The van der Waals surface area contributed by atoms with E-state index in [1.165, 1.54) is 17.1 Å². The lowest BCUT2D eigenvalue weighted by Crippen LogP contribution is -2.32. The maximum absolute atomic E-state index is 13.2. The summed E-state index contributed by atoms with van der Waals surface area (Å²) in [6, 6.07) is 17.1. The summed E-state index contributed by atoms with van der Waals surface area (Å²) < 4.78 is 41.6. The van der Waals surface area contributed by atoms with E-state index in [4.69, 9.17) is 10.2 Å². The number of aryl methyl sites for hydroxylation is 1. The first-order chi connectivity index (χ1) is 20.3. The quantitative estimate of drug-likeness (QED) is 0.298.